The van der Waals surface area contributed by atoms with E-state index in [-0.39, 0.29) is 0 Å². The zero-order chi connectivity index (χ0) is 3.58. The van der Waals surface area contributed by atoms with Crippen molar-refractivity contribution in [3.63, 3.8) is 0 Å². The van der Waals surface area contributed by atoms with E-state index in [1.54, 1.807) is 0 Å². The number of aliphatic carboxylic acids is 1. The molecule has 0 unspecified atom stereocenters. The molecular formula is C2H4O2. The maximum Gasteiger partial charge on any atom is 0.300 e. The van der Waals surface area contributed by atoms with E-state index in [1.165, 1.54) is 0 Å². The van der Waals surface area contributed by atoms with Crippen molar-refractivity contribution in [3.05, 3.63) is 0 Å². The van der Waals surface area contributed by atoms with Crippen molar-refractivity contribution in [2.75, 3.05) is 0 Å². The Hall–Kier alpha value is -0.530. The predicted octanol–water partition coefficient (Wildman–Crippen LogP) is 0.0909. The molecule has 0 bridgehead atoms. The van der Waals surface area contributed by atoms with Crippen LogP contribution in [0.3, 0.4) is 0 Å². The van der Waals surface area contributed by atoms with Gasteiger partial charge in [-0.15, -0.1) is 0 Å². The fraction of sp³-hybridized carbons (Fsp3) is 0.500. The Labute approximate surface area is 24.1 Å². The predicted molar refractivity (Wildman–Crippen MR) is 13.3 cm³/mol. The lowest BCUT2D eigenvalue weighted by atomic mass is 10.9. The van der Waals surface area contributed by atoms with Gasteiger partial charge >= 0.3 is 0 Å². The molecule has 0 fully saturated rings. The second kappa shape index (κ2) is 0.875. The number of carbonyl (C=O) groups is 1. The van der Waals surface area contributed by atoms with Crippen LogP contribution in [0.25, 0.3) is 0 Å². The highest BCUT2D eigenvalue weighted by Gasteiger charge is 1.65. The van der Waals surface area contributed by atoms with Crippen LogP contribution in [0.4, 0.5) is 0 Å². The first-order valence-electron chi connectivity index (χ1n) is 0.928. The third-order valence-corrected chi connectivity index (χ3v) is 0. The van der Waals surface area contributed by atoms with E-state index in [0.29, 0.717) is 0 Å². The van der Waals surface area contributed by atoms with Crippen LogP contribution >= 0.6 is 0 Å². The summed E-state index contributed by atoms with van der Waals surface area (Å²) in [4.78, 5) is 9.00. The van der Waals surface area contributed by atoms with E-state index in [9.17, 15) is 0 Å². The third kappa shape index (κ3) is 1.16. The fourth-order valence-electron chi connectivity index (χ4n) is 0. The van der Waals surface area contributed by atoms with Crippen molar-refractivity contribution < 1.29 is 9.90 Å². The van der Waals surface area contributed by atoms with Gasteiger partial charge in [0.25, 0.3) is 5.97 Å². The molecule has 0 heterocycles. The molecule has 0 spiro atoms. The molecule has 4 heavy (non-hydrogen) atoms. The average molecular weight is 61.1 g/mol. The normalized spacial score (nSPS) is 6.25. The van der Waals surface area contributed by atoms with Gasteiger partial charge in [0.2, 0.25) is 0 Å². The van der Waals surface area contributed by atoms with Crippen molar-refractivity contribution in [1.29, 1.82) is 0 Å². The lowest BCUT2D eigenvalue weighted by molar-refractivity contribution is -0.134. The molecular weight excluding hydrogens is 57.0 g/mol. The lowest BCUT2D eigenvalue weighted by Gasteiger charge is -1.59. The summed E-state index contributed by atoms with van der Waals surface area (Å²) in [5.41, 5.74) is 0. The van der Waals surface area contributed by atoms with Crippen LogP contribution in [0.2, 0.25) is 0 Å². The Morgan fingerprint density at radius 3 is 2.00 bits per heavy atom. The minimum absolute atomic E-state index is 0.833. The molecule has 0 aromatic rings. The van der Waals surface area contributed by atoms with Crippen molar-refractivity contribution in [3.8, 4) is 0 Å². The maximum absolute atomic E-state index is 9.00. The molecule has 0 aliphatic carbocycles. The summed E-state index contributed by atoms with van der Waals surface area (Å²) >= 11 is 0. The largest absolute Gasteiger partial charge is 0.481 e. The summed E-state index contributed by atoms with van der Waals surface area (Å²) in [6.07, 6.45) is 0. The quantitative estimate of drug-likeness (QED) is 0.431. The van der Waals surface area contributed by atoms with Crippen LogP contribution in [0.15, 0.2) is 0 Å². The first kappa shape index (κ1) is 3.47. The van der Waals surface area contributed by atoms with Gasteiger partial charge in [-0.1, -0.05) is 0 Å². The second-order valence-electron chi connectivity index (χ2n) is 0.519. The first-order chi connectivity index (χ1) is 1.73. The molecule has 0 amide bonds. The van der Waals surface area contributed by atoms with Crippen LogP contribution in [0.1, 0.15) is 6.92 Å². The molecule has 0 rings (SSSR count). The molecule has 2 heteroatoms. The molecule has 0 aliphatic heterocycles. The summed E-state index contributed by atoms with van der Waals surface area (Å²) in [7, 11) is 0. The van der Waals surface area contributed by atoms with Gasteiger partial charge in [-0.05, 0) is 0 Å². The Kier molecular flexibility index (Phi) is 0.759. The van der Waals surface area contributed by atoms with Crippen LogP contribution in [-0.4, -0.2) is 11.1 Å². The Balaban J connectivity index is 2.80. The second-order valence-corrected chi connectivity index (χ2v) is 0.519. The molecule has 1 N–H and O–H groups in total. The van der Waals surface area contributed by atoms with E-state index in [0.717, 1.165) is 6.92 Å². The van der Waals surface area contributed by atoms with Gasteiger partial charge < -0.3 is 5.11 Å². The topological polar surface area (TPSA) is 37.3 Å². The number of hydrogen-bond acceptors (Lipinski definition) is 1. The Morgan fingerprint density at radius 1 is 2.00 bits per heavy atom. The van der Waals surface area contributed by atoms with Gasteiger partial charge in [0, 0.05) is 6.92 Å². The summed E-state index contributed by atoms with van der Waals surface area (Å²) < 4.78 is 0. The highest BCUT2D eigenvalue weighted by molar-refractivity contribution is 5.62. The van der Waals surface area contributed by atoms with E-state index in [1.807, 2.05) is 0 Å². The number of rotatable bonds is 0. The van der Waals surface area contributed by atoms with Gasteiger partial charge in [0.1, 0.15) is 0 Å². The molecule has 0 saturated heterocycles. The van der Waals surface area contributed by atoms with Crippen molar-refractivity contribution in [2.24, 2.45) is 0 Å². The Morgan fingerprint density at radius 2 is 2.00 bits per heavy atom. The highest BCUT2D eigenvalue weighted by atomic mass is 17.2. The maximum atomic E-state index is 9.00. The lowest BCUT2D eigenvalue weighted by Crippen LogP contribution is -1.78. The number of carboxylic acid groups (broad SMARTS) is 1. The number of carboxylic acids is 1. The van der Waals surface area contributed by atoms with E-state index in [4.69, 9.17) is 9.90 Å². The van der Waals surface area contributed by atoms with Crippen LogP contribution < -0.4 is 0 Å². The molecule has 0 aromatic carbocycles. The van der Waals surface area contributed by atoms with Crippen LogP contribution in [0.5, 0.6) is 0 Å². The smallest absolute Gasteiger partial charge is 0.300 e. The average Bonchev–Trinajstić information content (AvgIpc) is 0.811. The molecule has 0 atom stereocenters. The van der Waals surface area contributed by atoms with Gasteiger partial charge in [-0.2, -0.15) is 0 Å². The van der Waals surface area contributed by atoms with E-state index in [2.05, 4.69) is 0 Å². The van der Waals surface area contributed by atoms with Crippen LogP contribution in [-0.2, 0) is 4.79 Å². The van der Waals surface area contributed by atoms with Crippen LogP contribution in [0, 0.1) is 0 Å². The third-order valence-electron chi connectivity index (χ3n) is 0. The Bertz CT molecular complexity index is 27.0. The van der Waals surface area contributed by atoms with Crippen molar-refractivity contribution >= 4 is 5.97 Å². The minimum atomic E-state index is -0.833. The van der Waals surface area contributed by atoms with E-state index >= 15 is 0 Å². The van der Waals surface area contributed by atoms with Crippen molar-refractivity contribution in [1.82, 2.24) is 0 Å². The van der Waals surface area contributed by atoms with E-state index < -0.39 is 5.97 Å². The molecule has 0 aliphatic rings. The van der Waals surface area contributed by atoms with Crippen molar-refractivity contribution in [2.45, 2.75) is 6.92 Å². The zero-order valence-electron chi connectivity index (χ0n) is 2.36. The summed E-state index contributed by atoms with van der Waals surface area (Å²) in [6, 6.07) is 0. The molecule has 0 saturated carbocycles. The molecule has 2 nitrogen and oxygen atoms in total. The number of hydrogen-bond donors (Lipinski definition) is 1. The first-order valence-corrected chi connectivity index (χ1v) is 0.928. The van der Waals surface area contributed by atoms with Gasteiger partial charge in [0.05, 0.1) is 0 Å². The fourth-order valence-corrected chi connectivity index (χ4v) is 0. The highest BCUT2D eigenvalue weighted by Crippen LogP contribution is 1.42. The molecule has 0 aromatic heterocycles. The molecule has 24 valence electrons. The zero-order valence-corrected chi connectivity index (χ0v) is 2.36. The van der Waals surface area contributed by atoms with Gasteiger partial charge in [-0.25, -0.2) is 0 Å². The SMILES string of the molecule is CC(=O)[17OH]. The molecule has 0 radical (unpaired) electrons. The summed E-state index contributed by atoms with van der Waals surface area (Å²) in [6.45, 7) is 1.08. The monoisotopic (exact) mass is 61.0 g/mol. The van der Waals surface area contributed by atoms with Gasteiger partial charge in [-0.3, -0.25) is 4.79 Å². The standard InChI is InChI=1S/C2H4O2/c1-2(3)4/h1H3,(H,3,4)/i3+1. The van der Waals surface area contributed by atoms with Gasteiger partial charge in [0.15, 0.2) is 0 Å². The minimum Gasteiger partial charge on any atom is -0.481 e. The summed E-state index contributed by atoms with van der Waals surface area (Å²) in [5.74, 6) is -0.833. The summed E-state index contributed by atoms with van der Waals surface area (Å²) in [5, 5.41) is 7.42.